The van der Waals surface area contributed by atoms with E-state index in [9.17, 15) is 9.90 Å². The summed E-state index contributed by atoms with van der Waals surface area (Å²) >= 11 is 3.46. The number of carbonyl (C=O) groups is 1. The largest absolute Gasteiger partial charge is 0.477 e. The van der Waals surface area contributed by atoms with E-state index in [1.807, 2.05) is 41.8 Å². The van der Waals surface area contributed by atoms with E-state index in [1.54, 1.807) is 6.07 Å². The van der Waals surface area contributed by atoms with Gasteiger partial charge in [-0.2, -0.15) is 0 Å². The van der Waals surface area contributed by atoms with Gasteiger partial charge in [0.1, 0.15) is 17.1 Å². The number of carboxylic acids is 1. The number of nitrogens with zero attached hydrogens (tertiary/aromatic N) is 2. The maximum atomic E-state index is 11.8. The van der Waals surface area contributed by atoms with Crippen LogP contribution in [0, 0.1) is 13.8 Å². The molecule has 0 amide bonds. The van der Waals surface area contributed by atoms with E-state index >= 15 is 0 Å². The average Bonchev–Trinajstić information content (AvgIpc) is 3.43. The molecule has 0 saturated heterocycles. The fraction of sp³-hybridized carbons (Fsp3) is 0.379. The summed E-state index contributed by atoms with van der Waals surface area (Å²) in [5.41, 5.74) is 4.12. The maximum Gasteiger partial charge on any atom is 0.352 e. The van der Waals surface area contributed by atoms with Gasteiger partial charge in [-0.05, 0) is 75.9 Å². The van der Waals surface area contributed by atoms with Crippen molar-refractivity contribution in [3.05, 3.63) is 75.7 Å². The van der Waals surface area contributed by atoms with E-state index in [0.717, 1.165) is 63.6 Å². The van der Waals surface area contributed by atoms with Gasteiger partial charge in [0.25, 0.3) is 0 Å². The van der Waals surface area contributed by atoms with Crippen LogP contribution in [0.4, 0.5) is 0 Å². The van der Waals surface area contributed by atoms with Crippen LogP contribution < -0.4 is 0 Å². The molecule has 5 rings (SSSR count). The normalized spacial score (nSPS) is 17.9. The molecule has 1 aliphatic rings. The van der Waals surface area contributed by atoms with Crippen molar-refractivity contribution in [2.24, 2.45) is 0 Å². The Bertz CT molecular complexity index is 1410. The Morgan fingerprint density at radius 3 is 2.73 bits per heavy atom. The highest BCUT2D eigenvalue weighted by Gasteiger charge is 2.24. The number of halogens is 1. The topological polar surface area (TPSA) is 86.7 Å². The third kappa shape index (κ3) is 5.98. The fourth-order valence-corrected chi connectivity index (χ4v) is 5.41. The molecule has 2 aromatic carbocycles. The van der Waals surface area contributed by atoms with Crippen molar-refractivity contribution >= 4 is 32.8 Å². The summed E-state index contributed by atoms with van der Waals surface area (Å²) in [5.74, 6) is 0.461. The van der Waals surface area contributed by atoms with Crippen molar-refractivity contribution < 1.29 is 23.8 Å². The molecule has 0 spiro atoms. The van der Waals surface area contributed by atoms with Crippen molar-refractivity contribution in [2.45, 2.75) is 64.9 Å². The van der Waals surface area contributed by atoms with Crippen molar-refractivity contribution in [1.82, 2.24) is 9.55 Å². The van der Waals surface area contributed by atoms with Crippen LogP contribution in [-0.2, 0) is 22.6 Å². The standard InChI is InChI=1S/C29H31BrN2O5/c1-18-5-3-6-20(13-18)28-31-25(19(2)37-28)17-36-24-8-4-7-23(16-24)35-12-11-32-26-10-9-22(30)14-21(26)15-27(32)29(33)34/h3,5-6,9-10,13-15,23-24H,4,7-8,11-12,16-17H2,1-2H3,(H,33,34)/t23-,24+/m1/s1. The zero-order valence-corrected chi connectivity index (χ0v) is 22.7. The molecular weight excluding hydrogens is 536 g/mol. The number of hydrogen-bond donors (Lipinski definition) is 1. The maximum absolute atomic E-state index is 11.8. The minimum atomic E-state index is -0.938. The Morgan fingerprint density at radius 2 is 1.95 bits per heavy atom. The number of benzene rings is 2. The molecule has 2 heterocycles. The van der Waals surface area contributed by atoms with Crippen LogP contribution in [0.5, 0.6) is 0 Å². The smallest absolute Gasteiger partial charge is 0.352 e. The highest BCUT2D eigenvalue weighted by Crippen LogP contribution is 2.28. The molecule has 2 aromatic heterocycles. The molecule has 0 unspecified atom stereocenters. The first-order valence-corrected chi connectivity index (χ1v) is 13.5. The third-order valence-corrected chi connectivity index (χ3v) is 7.44. The van der Waals surface area contributed by atoms with Gasteiger partial charge < -0.3 is 23.6 Å². The first-order chi connectivity index (χ1) is 17.9. The fourth-order valence-electron chi connectivity index (χ4n) is 5.04. The van der Waals surface area contributed by atoms with Crippen LogP contribution >= 0.6 is 15.9 Å². The predicted molar refractivity (Wildman–Crippen MR) is 145 cm³/mol. The van der Waals surface area contributed by atoms with Gasteiger partial charge in [-0.25, -0.2) is 9.78 Å². The lowest BCUT2D eigenvalue weighted by atomic mass is 9.95. The third-order valence-electron chi connectivity index (χ3n) is 6.94. The summed E-state index contributed by atoms with van der Waals surface area (Å²) in [5, 5.41) is 10.6. The van der Waals surface area contributed by atoms with E-state index in [1.165, 1.54) is 0 Å². The number of ether oxygens (including phenoxy) is 2. The quantitative estimate of drug-likeness (QED) is 0.236. The lowest BCUT2D eigenvalue weighted by molar-refractivity contribution is -0.0523. The monoisotopic (exact) mass is 566 g/mol. The summed E-state index contributed by atoms with van der Waals surface area (Å²) in [6.45, 7) is 5.31. The first-order valence-electron chi connectivity index (χ1n) is 12.7. The molecule has 1 saturated carbocycles. The van der Waals surface area contributed by atoms with Gasteiger partial charge in [0, 0.05) is 27.5 Å². The molecule has 1 aliphatic carbocycles. The Kier molecular flexibility index (Phi) is 7.79. The van der Waals surface area contributed by atoms with E-state index in [4.69, 9.17) is 13.9 Å². The molecule has 2 atom stereocenters. The zero-order valence-electron chi connectivity index (χ0n) is 21.1. The lowest BCUT2D eigenvalue weighted by Gasteiger charge is -2.29. The lowest BCUT2D eigenvalue weighted by Crippen LogP contribution is -2.29. The molecule has 4 aromatic rings. The second-order valence-corrected chi connectivity index (χ2v) is 10.6. The highest BCUT2D eigenvalue weighted by molar-refractivity contribution is 9.10. The zero-order chi connectivity index (χ0) is 25.9. The van der Waals surface area contributed by atoms with Gasteiger partial charge in [-0.1, -0.05) is 33.6 Å². The number of rotatable bonds is 9. The van der Waals surface area contributed by atoms with Crippen LogP contribution in [0.25, 0.3) is 22.4 Å². The number of carboxylic acid groups (broad SMARTS) is 1. The molecular formula is C29H31BrN2O5. The van der Waals surface area contributed by atoms with E-state index in [2.05, 4.69) is 40.0 Å². The van der Waals surface area contributed by atoms with Gasteiger partial charge in [-0.3, -0.25) is 0 Å². The Morgan fingerprint density at radius 1 is 1.14 bits per heavy atom. The van der Waals surface area contributed by atoms with E-state index in [0.29, 0.717) is 25.6 Å². The van der Waals surface area contributed by atoms with Crippen LogP contribution in [0.15, 0.2) is 57.4 Å². The molecule has 1 fully saturated rings. The molecule has 8 heteroatoms. The molecule has 0 aliphatic heterocycles. The highest BCUT2D eigenvalue weighted by atomic mass is 79.9. The summed E-state index contributed by atoms with van der Waals surface area (Å²) < 4.78 is 21.1. The van der Waals surface area contributed by atoms with Crippen LogP contribution in [0.3, 0.4) is 0 Å². The number of aromatic carboxylic acids is 1. The number of aryl methyl sites for hydroxylation is 2. The predicted octanol–water partition coefficient (Wildman–Crippen LogP) is 6.92. The van der Waals surface area contributed by atoms with Gasteiger partial charge in [0.05, 0.1) is 25.4 Å². The number of fused-ring (bicyclic) bond motifs is 1. The average molecular weight is 567 g/mol. The van der Waals surface area contributed by atoms with Gasteiger partial charge in [0.15, 0.2) is 0 Å². The summed E-state index contributed by atoms with van der Waals surface area (Å²) in [4.78, 5) is 16.5. The van der Waals surface area contributed by atoms with Crippen LogP contribution in [0.1, 0.15) is 53.2 Å². The molecule has 0 radical (unpaired) electrons. The number of aromatic nitrogens is 2. The Balaban J connectivity index is 1.16. The summed E-state index contributed by atoms with van der Waals surface area (Å²) in [6.07, 6.45) is 3.99. The van der Waals surface area contributed by atoms with E-state index in [-0.39, 0.29) is 17.9 Å². The van der Waals surface area contributed by atoms with Gasteiger partial charge in [-0.15, -0.1) is 0 Å². The van der Waals surface area contributed by atoms with Gasteiger partial charge in [0.2, 0.25) is 5.89 Å². The Labute approximate surface area is 224 Å². The van der Waals surface area contributed by atoms with Crippen molar-refractivity contribution in [2.75, 3.05) is 6.61 Å². The minimum Gasteiger partial charge on any atom is -0.477 e. The number of hydrogen-bond acceptors (Lipinski definition) is 5. The molecule has 7 nitrogen and oxygen atoms in total. The van der Waals surface area contributed by atoms with Crippen molar-refractivity contribution in [3.8, 4) is 11.5 Å². The van der Waals surface area contributed by atoms with Crippen LogP contribution in [0.2, 0.25) is 0 Å². The molecule has 37 heavy (non-hydrogen) atoms. The molecule has 194 valence electrons. The number of oxazole rings is 1. The summed E-state index contributed by atoms with van der Waals surface area (Å²) in [7, 11) is 0. The Hall–Kier alpha value is -2.94. The first kappa shape index (κ1) is 25.7. The van der Waals surface area contributed by atoms with Crippen molar-refractivity contribution in [1.29, 1.82) is 0 Å². The van der Waals surface area contributed by atoms with Crippen molar-refractivity contribution in [3.63, 3.8) is 0 Å². The summed E-state index contributed by atoms with van der Waals surface area (Å²) in [6, 6.07) is 15.6. The second kappa shape index (κ2) is 11.2. The molecule has 0 bridgehead atoms. The van der Waals surface area contributed by atoms with E-state index < -0.39 is 5.97 Å². The van der Waals surface area contributed by atoms with Crippen LogP contribution in [-0.4, -0.2) is 39.4 Å². The minimum absolute atomic E-state index is 0.0873. The van der Waals surface area contributed by atoms with Gasteiger partial charge >= 0.3 is 5.97 Å². The SMILES string of the molecule is Cc1cccc(-c2nc(CO[C@H]3CCC[C@@H](OCCn4c(C(=O)O)cc5cc(Br)ccc54)C3)c(C)o2)c1. The molecule has 1 N–H and O–H groups in total. The second-order valence-electron chi connectivity index (χ2n) is 9.67.